The number of aryl methyl sites for hydroxylation is 2. The summed E-state index contributed by atoms with van der Waals surface area (Å²) in [4.78, 5) is 23.2. The van der Waals surface area contributed by atoms with Crippen LogP contribution in [-0.4, -0.2) is 49.5 Å². The fourth-order valence-electron chi connectivity index (χ4n) is 3.12. The van der Waals surface area contributed by atoms with Crippen molar-refractivity contribution in [3.05, 3.63) is 23.3 Å². The zero-order valence-electron chi connectivity index (χ0n) is 14.2. The number of likely N-dealkylation sites (tertiary alicyclic amines) is 1. The quantitative estimate of drug-likeness (QED) is 0.888. The summed E-state index contributed by atoms with van der Waals surface area (Å²) >= 11 is 0. The van der Waals surface area contributed by atoms with Gasteiger partial charge in [0.15, 0.2) is 5.82 Å². The van der Waals surface area contributed by atoms with Gasteiger partial charge in [0.05, 0.1) is 6.42 Å². The second-order valence-electron chi connectivity index (χ2n) is 7.15. The molecule has 2 N–H and O–H groups in total. The van der Waals surface area contributed by atoms with Gasteiger partial charge in [0.1, 0.15) is 0 Å². The smallest absolute Gasteiger partial charge is 0.252 e. The van der Waals surface area contributed by atoms with Gasteiger partial charge in [-0.05, 0) is 31.7 Å². The Morgan fingerprint density at radius 3 is 2.83 bits per heavy atom. The van der Waals surface area contributed by atoms with Crippen LogP contribution >= 0.6 is 0 Å². The lowest BCUT2D eigenvalue weighted by atomic mass is 9.79. The molecule has 0 spiro atoms. The van der Waals surface area contributed by atoms with Crippen molar-refractivity contribution in [1.82, 2.24) is 24.5 Å². The molecule has 0 bridgehead atoms. The molecule has 1 aliphatic heterocycles. The fraction of sp³-hybridized carbons (Fsp3) is 0.625. The van der Waals surface area contributed by atoms with Gasteiger partial charge in [-0.3, -0.25) is 4.79 Å². The van der Waals surface area contributed by atoms with E-state index in [4.69, 9.17) is 5.73 Å². The summed E-state index contributed by atoms with van der Waals surface area (Å²) < 4.78 is 1.69. The van der Waals surface area contributed by atoms with E-state index in [-0.39, 0.29) is 23.8 Å². The zero-order valence-corrected chi connectivity index (χ0v) is 14.2. The molecular weight excluding hydrogens is 292 g/mol. The first-order valence-corrected chi connectivity index (χ1v) is 7.99. The number of carbonyl (C=O) groups is 1. The highest BCUT2D eigenvalue weighted by molar-refractivity contribution is 5.78. The third kappa shape index (κ3) is 3.06. The number of hydrogen-bond donors (Lipinski definition) is 1. The zero-order chi connectivity index (χ0) is 16.8. The second-order valence-corrected chi connectivity index (χ2v) is 7.15. The molecular formula is C16H24N6O. The Morgan fingerprint density at radius 1 is 1.39 bits per heavy atom. The van der Waals surface area contributed by atoms with Gasteiger partial charge in [-0.15, -0.1) is 5.10 Å². The third-order valence-corrected chi connectivity index (χ3v) is 4.64. The Morgan fingerprint density at radius 2 is 2.13 bits per heavy atom. The molecule has 3 heterocycles. The molecule has 0 aromatic carbocycles. The van der Waals surface area contributed by atoms with E-state index in [9.17, 15) is 4.79 Å². The van der Waals surface area contributed by atoms with Gasteiger partial charge in [-0.25, -0.2) is 9.50 Å². The van der Waals surface area contributed by atoms with Gasteiger partial charge in [-0.1, -0.05) is 13.8 Å². The highest BCUT2D eigenvalue weighted by Crippen LogP contribution is 2.27. The Hall–Kier alpha value is -2.02. The van der Waals surface area contributed by atoms with Crippen LogP contribution in [0.15, 0.2) is 6.07 Å². The van der Waals surface area contributed by atoms with E-state index in [1.807, 2.05) is 24.8 Å². The molecule has 1 fully saturated rings. The lowest BCUT2D eigenvalue weighted by Gasteiger charge is -2.42. The highest BCUT2D eigenvalue weighted by atomic mass is 16.2. The van der Waals surface area contributed by atoms with Crippen molar-refractivity contribution in [2.45, 2.75) is 46.6 Å². The summed E-state index contributed by atoms with van der Waals surface area (Å²) in [7, 11) is 0. The number of piperidine rings is 1. The molecule has 2 aromatic heterocycles. The SMILES string of the molecule is Cc1cc(C)n2nc(CC(=O)N3CCC(N)C(C)(C)C3)nc2n1. The standard InChI is InChI=1S/C16H24N6O/c1-10-7-11(2)22-15(18-10)19-13(20-22)8-14(23)21-6-5-12(17)16(3,4)9-21/h7,12H,5-6,8-9,17H2,1-4H3. The van der Waals surface area contributed by atoms with Crippen LogP contribution in [0.2, 0.25) is 0 Å². The highest BCUT2D eigenvalue weighted by Gasteiger charge is 2.35. The molecule has 7 heteroatoms. The predicted octanol–water partition coefficient (Wildman–Crippen LogP) is 0.869. The van der Waals surface area contributed by atoms with Gasteiger partial charge in [0.25, 0.3) is 5.78 Å². The maximum atomic E-state index is 12.6. The van der Waals surface area contributed by atoms with Crippen molar-refractivity contribution in [1.29, 1.82) is 0 Å². The maximum absolute atomic E-state index is 12.6. The molecule has 0 radical (unpaired) electrons. The molecule has 1 aliphatic rings. The maximum Gasteiger partial charge on any atom is 0.252 e. The first-order valence-electron chi connectivity index (χ1n) is 7.99. The monoisotopic (exact) mass is 316 g/mol. The summed E-state index contributed by atoms with van der Waals surface area (Å²) in [6.07, 6.45) is 1.03. The van der Waals surface area contributed by atoms with Gasteiger partial charge < -0.3 is 10.6 Å². The Bertz CT molecular complexity index is 750. The summed E-state index contributed by atoms with van der Waals surface area (Å²) in [5.41, 5.74) is 7.93. The minimum absolute atomic E-state index is 0.0512. The first kappa shape index (κ1) is 15.9. The van der Waals surface area contributed by atoms with E-state index in [2.05, 4.69) is 28.9 Å². The number of amides is 1. The number of aromatic nitrogens is 4. The van der Waals surface area contributed by atoms with Crippen molar-refractivity contribution < 1.29 is 4.79 Å². The van der Waals surface area contributed by atoms with Crippen LogP contribution in [0.1, 0.15) is 37.5 Å². The third-order valence-electron chi connectivity index (χ3n) is 4.64. The van der Waals surface area contributed by atoms with E-state index < -0.39 is 0 Å². The van der Waals surface area contributed by atoms with Gasteiger partial charge >= 0.3 is 0 Å². The molecule has 23 heavy (non-hydrogen) atoms. The first-order chi connectivity index (χ1) is 10.8. The molecule has 1 unspecified atom stereocenters. The van der Waals surface area contributed by atoms with Crippen LogP contribution in [0.3, 0.4) is 0 Å². The van der Waals surface area contributed by atoms with Gasteiger partial charge in [0.2, 0.25) is 5.91 Å². The predicted molar refractivity (Wildman–Crippen MR) is 86.9 cm³/mol. The fourth-order valence-corrected chi connectivity index (χ4v) is 3.12. The van der Waals surface area contributed by atoms with E-state index in [1.54, 1.807) is 4.52 Å². The Balaban J connectivity index is 1.77. The number of hydrogen-bond acceptors (Lipinski definition) is 5. The topological polar surface area (TPSA) is 89.4 Å². The Kier molecular flexibility index (Phi) is 3.83. The van der Waals surface area contributed by atoms with Crippen molar-refractivity contribution >= 4 is 11.7 Å². The number of rotatable bonds is 2. The van der Waals surface area contributed by atoms with Crippen LogP contribution in [0.25, 0.3) is 5.78 Å². The molecule has 124 valence electrons. The van der Waals surface area contributed by atoms with E-state index in [0.717, 1.165) is 17.8 Å². The summed E-state index contributed by atoms with van der Waals surface area (Å²) in [5, 5.41) is 4.41. The number of fused-ring (bicyclic) bond motifs is 1. The summed E-state index contributed by atoms with van der Waals surface area (Å²) in [6.45, 7) is 9.47. The molecule has 7 nitrogen and oxygen atoms in total. The van der Waals surface area contributed by atoms with Crippen LogP contribution in [0.5, 0.6) is 0 Å². The molecule has 1 amide bonds. The van der Waals surface area contributed by atoms with Gasteiger partial charge in [-0.2, -0.15) is 4.98 Å². The lowest BCUT2D eigenvalue weighted by Crippen LogP contribution is -2.54. The van der Waals surface area contributed by atoms with Crippen LogP contribution < -0.4 is 5.73 Å². The molecule has 2 aromatic rings. The lowest BCUT2D eigenvalue weighted by molar-refractivity contribution is -0.134. The van der Waals surface area contributed by atoms with Crippen LogP contribution in [0, 0.1) is 19.3 Å². The van der Waals surface area contributed by atoms with E-state index >= 15 is 0 Å². The average Bonchev–Trinajstić information content (AvgIpc) is 2.84. The van der Waals surface area contributed by atoms with Gasteiger partial charge in [0, 0.05) is 30.5 Å². The number of carbonyl (C=O) groups excluding carboxylic acids is 1. The number of nitrogens with two attached hydrogens (primary N) is 1. The molecule has 0 saturated carbocycles. The van der Waals surface area contributed by atoms with Crippen molar-refractivity contribution in [3.63, 3.8) is 0 Å². The van der Waals surface area contributed by atoms with Crippen molar-refractivity contribution in [2.24, 2.45) is 11.1 Å². The van der Waals surface area contributed by atoms with Crippen molar-refractivity contribution in [2.75, 3.05) is 13.1 Å². The average molecular weight is 316 g/mol. The normalized spacial score (nSPS) is 20.9. The largest absolute Gasteiger partial charge is 0.342 e. The minimum atomic E-state index is -0.0600. The van der Waals surface area contributed by atoms with E-state index in [0.29, 0.717) is 24.7 Å². The molecule has 3 rings (SSSR count). The van der Waals surface area contributed by atoms with Crippen LogP contribution in [0.4, 0.5) is 0 Å². The molecule has 1 saturated heterocycles. The second kappa shape index (κ2) is 5.56. The number of nitrogens with zero attached hydrogens (tertiary/aromatic N) is 5. The van der Waals surface area contributed by atoms with E-state index in [1.165, 1.54) is 0 Å². The molecule has 1 atom stereocenters. The summed E-state index contributed by atoms with van der Waals surface area (Å²) in [5.74, 6) is 1.12. The Labute approximate surface area is 135 Å². The molecule has 0 aliphatic carbocycles. The van der Waals surface area contributed by atoms with Crippen LogP contribution in [-0.2, 0) is 11.2 Å². The minimum Gasteiger partial charge on any atom is -0.342 e. The van der Waals surface area contributed by atoms with Crippen molar-refractivity contribution in [3.8, 4) is 0 Å². The summed E-state index contributed by atoms with van der Waals surface area (Å²) in [6, 6.07) is 2.08.